The van der Waals surface area contributed by atoms with Gasteiger partial charge in [-0.1, -0.05) is 23.7 Å². The van der Waals surface area contributed by atoms with Crippen molar-refractivity contribution in [2.45, 2.75) is 17.9 Å². The predicted octanol–water partition coefficient (Wildman–Crippen LogP) is 2.59. The number of nitrogens with one attached hydrogen (secondary N) is 1. The Kier molecular flexibility index (Phi) is 4.27. The maximum absolute atomic E-state index is 12.1. The molecular weight excluding hydrogens is 300 g/mol. The van der Waals surface area contributed by atoms with Gasteiger partial charge < -0.3 is 5.11 Å². The lowest BCUT2D eigenvalue weighted by Gasteiger charge is -2.09. The summed E-state index contributed by atoms with van der Waals surface area (Å²) in [5, 5.41) is 9.82. The molecule has 0 aliphatic rings. The van der Waals surface area contributed by atoms with Crippen LogP contribution in [0, 0.1) is 0 Å². The topological polar surface area (TPSA) is 79.3 Å². The lowest BCUT2D eigenvalue weighted by atomic mass is 10.1. The van der Waals surface area contributed by atoms with Gasteiger partial charge in [-0.2, -0.15) is 0 Å². The summed E-state index contributed by atoms with van der Waals surface area (Å²) < 4.78 is 26.6. The molecule has 7 heteroatoms. The molecule has 1 heterocycles. The predicted molar refractivity (Wildman–Crippen MR) is 77.1 cm³/mol. The van der Waals surface area contributed by atoms with E-state index in [1.54, 1.807) is 25.1 Å². The van der Waals surface area contributed by atoms with Gasteiger partial charge in [-0.05, 0) is 36.8 Å². The summed E-state index contributed by atoms with van der Waals surface area (Å²) in [6.45, 7) is 1.61. The van der Waals surface area contributed by atoms with Gasteiger partial charge in [0.15, 0.2) is 0 Å². The van der Waals surface area contributed by atoms with Gasteiger partial charge in [0.05, 0.1) is 16.0 Å². The van der Waals surface area contributed by atoms with E-state index in [9.17, 15) is 13.5 Å². The number of aromatic nitrogens is 1. The van der Waals surface area contributed by atoms with E-state index < -0.39 is 16.1 Å². The summed E-state index contributed by atoms with van der Waals surface area (Å²) in [4.78, 5) is 3.97. The van der Waals surface area contributed by atoms with Crippen molar-refractivity contribution in [3.05, 3.63) is 53.2 Å². The maximum Gasteiger partial charge on any atom is 0.263 e. The summed E-state index contributed by atoms with van der Waals surface area (Å²) in [7, 11) is -3.71. The van der Waals surface area contributed by atoms with Crippen LogP contribution in [0.25, 0.3) is 0 Å². The monoisotopic (exact) mass is 312 g/mol. The smallest absolute Gasteiger partial charge is 0.263 e. The average Bonchev–Trinajstić information content (AvgIpc) is 2.41. The number of sulfonamides is 1. The zero-order valence-corrected chi connectivity index (χ0v) is 12.2. The van der Waals surface area contributed by atoms with Crippen molar-refractivity contribution < 1.29 is 13.5 Å². The minimum Gasteiger partial charge on any atom is -0.389 e. The summed E-state index contributed by atoms with van der Waals surface area (Å²) >= 11 is 5.68. The third kappa shape index (κ3) is 3.47. The number of hydrogen-bond acceptors (Lipinski definition) is 4. The number of anilines is 1. The number of hydrogen-bond donors (Lipinski definition) is 2. The van der Waals surface area contributed by atoms with Crippen molar-refractivity contribution in [2.75, 3.05) is 4.72 Å². The van der Waals surface area contributed by atoms with Crippen LogP contribution in [0.2, 0.25) is 5.02 Å². The number of rotatable bonds is 4. The first-order valence-corrected chi connectivity index (χ1v) is 7.67. The molecule has 0 fully saturated rings. The molecule has 0 saturated carbocycles. The van der Waals surface area contributed by atoms with E-state index in [2.05, 4.69) is 9.71 Å². The second-order valence-corrected chi connectivity index (χ2v) is 6.33. The van der Waals surface area contributed by atoms with Gasteiger partial charge in [-0.3, -0.25) is 4.72 Å². The van der Waals surface area contributed by atoms with Gasteiger partial charge in [0.25, 0.3) is 10.0 Å². The number of nitrogens with zero attached hydrogens (tertiary/aromatic N) is 1. The average molecular weight is 313 g/mol. The van der Waals surface area contributed by atoms with Crippen LogP contribution in [-0.2, 0) is 10.0 Å². The third-order valence-corrected chi connectivity index (χ3v) is 4.23. The number of halogens is 1. The largest absolute Gasteiger partial charge is 0.389 e. The summed E-state index contributed by atoms with van der Waals surface area (Å²) in [5.41, 5.74) is 0.647. The zero-order valence-electron chi connectivity index (χ0n) is 10.6. The van der Waals surface area contributed by atoms with Gasteiger partial charge in [0.1, 0.15) is 5.82 Å². The Bertz CT molecular complexity index is 683. The Morgan fingerprint density at radius 1 is 1.20 bits per heavy atom. The second-order valence-electron chi connectivity index (χ2n) is 4.21. The number of benzene rings is 1. The molecule has 5 nitrogen and oxygen atoms in total. The highest BCUT2D eigenvalue weighted by molar-refractivity contribution is 7.92. The van der Waals surface area contributed by atoms with E-state index in [-0.39, 0.29) is 10.7 Å². The molecule has 2 N–H and O–H groups in total. The lowest BCUT2D eigenvalue weighted by molar-refractivity contribution is 0.199. The molecule has 0 aliphatic carbocycles. The molecule has 1 unspecified atom stereocenters. The molecule has 0 saturated heterocycles. The molecule has 2 rings (SSSR count). The first kappa shape index (κ1) is 14.8. The molecule has 0 aliphatic heterocycles. The molecule has 0 amide bonds. The Labute approximate surface area is 122 Å². The van der Waals surface area contributed by atoms with Crippen LogP contribution >= 0.6 is 11.6 Å². The van der Waals surface area contributed by atoms with Crippen LogP contribution in [0.15, 0.2) is 47.5 Å². The summed E-state index contributed by atoms with van der Waals surface area (Å²) in [6, 6.07) is 9.01. The minimum absolute atomic E-state index is 0.0960. The Balaban J connectivity index is 2.23. The van der Waals surface area contributed by atoms with E-state index >= 15 is 0 Å². The minimum atomic E-state index is -3.71. The van der Waals surface area contributed by atoms with E-state index in [1.807, 2.05) is 0 Å². The molecular formula is C13H13ClN2O3S. The molecule has 0 spiro atoms. The van der Waals surface area contributed by atoms with E-state index in [4.69, 9.17) is 11.6 Å². The van der Waals surface area contributed by atoms with E-state index in [0.717, 1.165) is 0 Å². The van der Waals surface area contributed by atoms with Crippen molar-refractivity contribution in [1.29, 1.82) is 0 Å². The number of aliphatic hydroxyl groups is 1. The van der Waals surface area contributed by atoms with Crippen LogP contribution in [-0.4, -0.2) is 18.5 Å². The molecule has 1 atom stereocenters. The third-order valence-electron chi connectivity index (χ3n) is 2.64. The SMILES string of the molecule is CC(O)c1ccc(S(=O)(=O)Nc2ccc(Cl)cn2)cc1. The quantitative estimate of drug-likeness (QED) is 0.909. The van der Waals surface area contributed by atoms with Crippen molar-refractivity contribution in [1.82, 2.24) is 4.98 Å². The van der Waals surface area contributed by atoms with Crippen LogP contribution in [0.3, 0.4) is 0 Å². The van der Waals surface area contributed by atoms with Crippen LogP contribution in [0.5, 0.6) is 0 Å². The molecule has 1 aromatic heterocycles. The molecule has 1 aromatic carbocycles. The van der Waals surface area contributed by atoms with Gasteiger partial charge in [0, 0.05) is 6.20 Å². The highest BCUT2D eigenvalue weighted by Crippen LogP contribution is 2.18. The van der Waals surface area contributed by atoms with Crippen LogP contribution < -0.4 is 4.72 Å². The highest BCUT2D eigenvalue weighted by Gasteiger charge is 2.15. The second kappa shape index (κ2) is 5.78. The number of pyridine rings is 1. The van der Waals surface area contributed by atoms with Crippen molar-refractivity contribution in [3.8, 4) is 0 Å². The molecule has 0 radical (unpaired) electrons. The van der Waals surface area contributed by atoms with Crippen molar-refractivity contribution in [2.24, 2.45) is 0 Å². The standard InChI is InChI=1S/C13H13ClN2O3S/c1-9(17)10-2-5-12(6-3-10)20(18,19)16-13-7-4-11(14)8-15-13/h2-9,17H,1H3,(H,15,16). The number of aliphatic hydroxyl groups excluding tert-OH is 1. The van der Waals surface area contributed by atoms with Crippen molar-refractivity contribution >= 4 is 27.4 Å². The summed E-state index contributed by atoms with van der Waals surface area (Å²) in [6.07, 6.45) is 0.716. The summed E-state index contributed by atoms with van der Waals surface area (Å²) in [5.74, 6) is 0.189. The Morgan fingerprint density at radius 3 is 2.35 bits per heavy atom. The lowest BCUT2D eigenvalue weighted by Crippen LogP contribution is -2.13. The fourth-order valence-corrected chi connectivity index (χ4v) is 2.68. The Hall–Kier alpha value is -1.63. The van der Waals surface area contributed by atoms with E-state index in [0.29, 0.717) is 10.6 Å². The molecule has 106 valence electrons. The first-order chi connectivity index (χ1) is 9.38. The molecule has 0 bridgehead atoms. The fourth-order valence-electron chi connectivity index (χ4n) is 1.56. The molecule has 2 aromatic rings. The maximum atomic E-state index is 12.1. The van der Waals surface area contributed by atoms with E-state index in [1.165, 1.54) is 24.4 Å². The fraction of sp³-hybridized carbons (Fsp3) is 0.154. The molecule has 20 heavy (non-hydrogen) atoms. The normalized spacial score (nSPS) is 12.9. The Morgan fingerprint density at radius 2 is 1.85 bits per heavy atom. The van der Waals surface area contributed by atoms with Gasteiger partial charge in [-0.15, -0.1) is 0 Å². The van der Waals surface area contributed by atoms with Crippen LogP contribution in [0.1, 0.15) is 18.6 Å². The van der Waals surface area contributed by atoms with Gasteiger partial charge in [-0.25, -0.2) is 13.4 Å². The van der Waals surface area contributed by atoms with Gasteiger partial charge >= 0.3 is 0 Å². The first-order valence-electron chi connectivity index (χ1n) is 5.81. The van der Waals surface area contributed by atoms with Crippen molar-refractivity contribution in [3.63, 3.8) is 0 Å². The highest BCUT2D eigenvalue weighted by atomic mass is 35.5. The van der Waals surface area contributed by atoms with Crippen LogP contribution in [0.4, 0.5) is 5.82 Å². The van der Waals surface area contributed by atoms with Gasteiger partial charge in [0.2, 0.25) is 0 Å². The zero-order chi connectivity index (χ0) is 14.8.